The Labute approximate surface area is 618 Å². The number of aliphatic hydroxyl groups is 1. The molecular formula is C82H156O17P2. The van der Waals surface area contributed by atoms with E-state index in [0.717, 1.165) is 127 Å². The van der Waals surface area contributed by atoms with E-state index in [-0.39, 0.29) is 25.7 Å². The summed E-state index contributed by atoms with van der Waals surface area (Å²) in [4.78, 5) is 73.1. The maximum Gasteiger partial charge on any atom is 0.472 e. The van der Waals surface area contributed by atoms with Gasteiger partial charge >= 0.3 is 39.5 Å². The Balaban J connectivity index is 5.29. The van der Waals surface area contributed by atoms with Crippen LogP contribution in [0.3, 0.4) is 0 Å². The van der Waals surface area contributed by atoms with Crippen LogP contribution in [-0.4, -0.2) is 96.7 Å². The molecular weight excluding hydrogens is 1320 g/mol. The van der Waals surface area contributed by atoms with Crippen LogP contribution in [0.1, 0.15) is 402 Å². The molecule has 3 N–H and O–H groups in total. The van der Waals surface area contributed by atoms with Gasteiger partial charge in [-0.3, -0.25) is 37.3 Å². The van der Waals surface area contributed by atoms with Gasteiger partial charge in [0, 0.05) is 25.7 Å². The van der Waals surface area contributed by atoms with E-state index < -0.39 is 97.5 Å². The topological polar surface area (TPSA) is 237 Å². The van der Waals surface area contributed by atoms with Gasteiger partial charge in [-0.15, -0.1) is 0 Å². The van der Waals surface area contributed by atoms with Gasteiger partial charge in [0.2, 0.25) is 0 Å². The zero-order valence-corrected chi connectivity index (χ0v) is 67.6. The fraction of sp³-hybridized carbons (Fsp3) is 0.902. The van der Waals surface area contributed by atoms with Gasteiger partial charge in [0.15, 0.2) is 12.2 Å². The highest BCUT2D eigenvalue weighted by Gasteiger charge is 2.30. The minimum Gasteiger partial charge on any atom is -0.462 e. The Morgan fingerprint density at radius 3 is 0.802 bits per heavy atom. The first-order chi connectivity index (χ1) is 48.7. The number of hydrogen-bond donors (Lipinski definition) is 3. The lowest BCUT2D eigenvalue weighted by molar-refractivity contribution is -0.161. The Morgan fingerprint density at radius 2 is 0.535 bits per heavy atom. The van der Waals surface area contributed by atoms with Crippen LogP contribution in [-0.2, 0) is 65.4 Å². The van der Waals surface area contributed by atoms with Gasteiger partial charge in [-0.25, -0.2) is 9.13 Å². The zero-order valence-electron chi connectivity index (χ0n) is 65.9. The zero-order chi connectivity index (χ0) is 74.4. The number of allylic oxidation sites excluding steroid dienone is 4. The third kappa shape index (κ3) is 75.6. The van der Waals surface area contributed by atoms with Crippen LogP contribution in [0.15, 0.2) is 24.3 Å². The number of phosphoric acid groups is 2. The number of phosphoric ester groups is 2. The first-order valence-corrected chi connectivity index (χ1v) is 44.7. The summed E-state index contributed by atoms with van der Waals surface area (Å²) in [6, 6.07) is 0. The number of hydrogen-bond acceptors (Lipinski definition) is 15. The number of carbonyl (C=O) groups is 4. The van der Waals surface area contributed by atoms with E-state index >= 15 is 0 Å². The summed E-state index contributed by atoms with van der Waals surface area (Å²) in [7, 11) is -9.94. The predicted octanol–water partition coefficient (Wildman–Crippen LogP) is 24.1. The first-order valence-electron chi connectivity index (χ1n) is 41.7. The summed E-state index contributed by atoms with van der Waals surface area (Å²) in [5.41, 5.74) is 0. The summed E-state index contributed by atoms with van der Waals surface area (Å²) < 4.78 is 68.7. The lowest BCUT2D eigenvalue weighted by Gasteiger charge is -2.21. The van der Waals surface area contributed by atoms with Crippen LogP contribution in [0.4, 0.5) is 0 Å². The van der Waals surface area contributed by atoms with Crippen molar-refractivity contribution in [3.05, 3.63) is 24.3 Å². The van der Waals surface area contributed by atoms with Crippen molar-refractivity contribution in [1.82, 2.24) is 0 Å². The quantitative estimate of drug-likeness (QED) is 0.0169. The molecule has 101 heavy (non-hydrogen) atoms. The Morgan fingerprint density at radius 1 is 0.307 bits per heavy atom. The summed E-state index contributed by atoms with van der Waals surface area (Å²) in [6.45, 7) is 11.9. The van der Waals surface area contributed by atoms with Gasteiger partial charge in [-0.1, -0.05) is 349 Å². The highest BCUT2D eigenvalue weighted by molar-refractivity contribution is 7.47. The molecule has 0 rings (SSSR count). The number of rotatable bonds is 78. The van der Waals surface area contributed by atoms with Crippen LogP contribution in [0.25, 0.3) is 0 Å². The fourth-order valence-corrected chi connectivity index (χ4v) is 13.7. The molecule has 0 aromatic carbocycles. The largest absolute Gasteiger partial charge is 0.472 e. The average molecular weight is 1480 g/mol. The van der Waals surface area contributed by atoms with Gasteiger partial charge < -0.3 is 33.8 Å². The van der Waals surface area contributed by atoms with Crippen molar-refractivity contribution >= 4 is 39.5 Å². The number of ether oxygens (including phenoxy) is 4. The molecule has 17 nitrogen and oxygen atoms in total. The maximum atomic E-state index is 13.1. The van der Waals surface area contributed by atoms with Crippen LogP contribution in [0, 0.1) is 17.8 Å². The molecule has 19 heteroatoms. The van der Waals surface area contributed by atoms with Crippen molar-refractivity contribution in [2.75, 3.05) is 39.6 Å². The van der Waals surface area contributed by atoms with E-state index in [9.17, 15) is 43.2 Å². The lowest BCUT2D eigenvalue weighted by atomic mass is 10.0. The molecule has 0 aliphatic carbocycles. The van der Waals surface area contributed by atoms with Crippen molar-refractivity contribution in [3.8, 4) is 0 Å². The van der Waals surface area contributed by atoms with Crippen molar-refractivity contribution in [1.29, 1.82) is 0 Å². The van der Waals surface area contributed by atoms with E-state index in [2.05, 4.69) is 72.8 Å². The molecule has 0 heterocycles. The average Bonchev–Trinajstić information content (AvgIpc) is 0.939. The van der Waals surface area contributed by atoms with E-state index in [1.165, 1.54) is 193 Å². The normalized spacial score (nSPS) is 14.1. The third-order valence-electron chi connectivity index (χ3n) is 18.5. The van der Waals surface area contributed by atoms with E-state index in [4.69, 9.17) is 37.0 Å². The van der Waals surface area contributed by atoms with Crippen LogP contribution >= 0.6 is 15.6 Å². The first kappa shape index (κ1) is 98.5. The minimum atomic E-state index is -4.97. The number of esters is 4. The summed E-state index contributed by atoms with van der Waals surface area (Å²) in [5.74, 6) is 0.185. The molecule has 0 amide bonds. The molecule has 2 unspecified atom stereocenters. The van der Waals surface area contributed by atoms with E-state index in [1.807, 2.05) is 0 Å². The summed E-state index contributed by atoms with van der Waals surface area (Å²) >= 11 is 0. The Hall–Kier alpha value is -2.46. The van der Waals surface area contributed by atoms with Crippen molar-refractivity contribution < 1.29 is 80.2 Å². The van der Waals surface area contributed by atoms with Crippen LogP contribution in [0.5, 0.6) is 0 Å². The monoisotopic (exact) mass is 1480 g/mol. The highest BCUT2D eigenvalue weighted by atomic mass is 31.2. The van der Waals surface area contributed by atoms with Gasteiger partial charge in [-0.05, 0) is 69.1 Å². The van der Waals surface area contributed by atoms with Crippen LogP contribution in [0.2, 0.25) is 0 Å². The molecule has 0 saturated carbocycles. The second-order valence-corrected chi connectivity index (χ2v) is 33.2. The molecule has 0 spiro atoms. The van der Waals surface area contributed by atoms with Gasteiger partial charge in [0.1, 0.15) is 19.3 Å². The standard InChI is InChI=1S/C82H156O17P2/c1-8-9-10-11-12-13-14-15-18-22-28-35-42-49-56-63-79(84)92-69-77(98-81(86)65-58-51-44-36-29-23-20-17-16-19-21-26-32-39-46-53-60-73(2)3)71-96-100(88,89)94-67-76(83)68-95-101(90,91)97-72-78(70-93-80(85)64-57-50-43-38-31-34-41-48-55-62-75(6)7)99-82(87)66-59-52-45-37-30-25-24-27-33-40-47-54-61-74(4)5/h13-15,18,73-78,83H,8-12,16-17,19-72H2,1-7H3,(H,88,89)(H,90,91)/b14-13-,18-15-/t76-,77-,78-/m1/s1. The van der Waals surface area contributed by atoms with Crippen LogP contribution < -0.4 is 0 Å². The number of carbonyl (C=O) groups excluding carboxylic acids is 4. The molecule has 0 saturated heterocycles. The van der Waals surface area contributed by atoms with Crippen molar-refractivity contribution in [2.24, 2.45) is 17.8 Å². The molecule has 0 bridgehead atoms. The van der Waals surface area contributed by atoms with Crippen molar-refractivity contribution in [2.45, 2.75) is 420 Å². The maximum absolute atomic E-state index is 13.1. The van der Waals surface area contributed by atoms with Gasteiger partial charge in [-0.2, -0.15) is 0 Å². The highest BCUT2D eigenvalue weighted by Crippen LogP contribution is 2.45. The van der Waals surface area contributed by atoms with Gasteiger partial charge in [0.05, 0.1) is 26.4 Å². The summed E-state index contributed by atoms with van der Waals surface area (Å²) in [6.07, 6.45) is 63.2. The van der Waals surface area contributed by atoms with Crippen molar-refractivity contribution in [3.63, 3.8) is 0 Å². The molecule has 5 atom stereocenters. The number of unbranched alkanes of at least 4 members (excludes halogenated alkanes) is 43. The molecule has 0 aromatic heterocycles. The molecule has 0 aromatic rings. The van der Waals surface area contributed by atoms with E-state index in [0.29, 0.717) is 25.7 Å². The SMILES string of the molecule is CCCCCC/C=C\C=C/CCCCCCCC(=O)OC[C@H](COP(=O)(O)OC[C@@H](O)COP(=O)(O)OC[C@@H](COC(=O)CCCCCCCCCCCC(C)C)OC(=O)CCCCCCCCCCCCCCC(C)C)OC(=O)CCCCCCCCCCCCCCCCCCC(C)C. The molecule has 0 fully saturated rings. The Bertz CT molecular complexity index is 2050. The smallest absolute Gasteiger partial charge is 0.462 e. The molecule has 0 aliphatic rings. The van der Waals surface area contributed by atoms with E-state index in [1.54, 1.807) is 0 Å². The second-order valence-electron chi connectivity index (χ2n) is 30.3. The number of aliphatic hydroxyl groups excluding tert-OH is 1. The predicted molar refractivity (Wildman–Crippen MR) is 414 cm³/mol. The lowest BCUT2D eigenvalue weighted by Crippen LogP contribution is -2.30. The Kier molecular flexibility index (Phi) is 70.0. The second kappa shape index (κ2) is 71.8. The molecule has 0 aliphatic heterocycles. The molecule has 596 valence electrons. The summed E-state index contributed by atoms with van der Waals surface area (Å²) in [5, 5.41) is 10.6. The van der Waals surface area contributed by atoms with Gasteiger partial charge in [0.25, 0.3) is 0 Å². The third-order valence-corrected chi connectivity index (χ3v) is 20.4. The minimum absolute atomic E-state index is 0.101. The fourth-order valence-electron chi connectivity index (χ4n) is 12.1. The molecule has 0 radical (unpaired) electrons.